The van der Waals surface area contributed by atoms with Gasteiger partial charge in [0.1, 0.15) is 18.2 Å². The van der Waals surface area contributed by atoms with Gasteiger partial charge in [0.25, 0.3) is 0 Å². The van der Waals surface area contributed by atoms with E-state index in [4.69, 9.17) is 4.74 Å². The Labute approximate surface area is 113 Å². The molecule has 1 heterocycles. The molecule has 0 bridgehead atoms. The van der Waals surface area contributed by atoms with E-state index < -0.39 is 6.10 Å². The highest BCUT2D eigenvalue weighted by atomic mass is 16.5. The second kappa shape index (κ2) is 5.89. The van der Waals surface area contributed by atoms with Crippen molar-refractivity contribution in [1.29, 1.82) is 0 Å². The van der Waals surface area contributed by atoms with Crippen LogP contribution in [-0.4, -0.2) is 21.3 Å². The predicted octanol–water partition coefficient (Wildman–Crippen LogP) is 2.63. The van der Waals surface area contributed by atoms with E-state index in [1.54, 1.807) is 13.1 Å². The molecule has 1 aromatic carbocycles. The minimum atomic E-state index is -0.523. The molecule has 0 saturated carbocycles. The van der Waals surface area contributed by atoms with Crippen molar-refractivity contribution < 1.29 is 9.84 Å². The van der Waals surface area contributed by atoms with Gasteiger partial charge in [0.05, 0.1) is 12.6 Å². The molecule has 1 aromatic heterocycles. The first-order chi connectivity index (χ1) is 9.08. The third-order valence-corrected chi connectivity index (χ3v) is 3.13. The summed E-state index contributed by atoms with van der Waals surface area (Å²) >= 11 is 0. The second-order valence-corrected chi connectivity index (χ2v) is 4.73. The average molecular weight is 260 g/mol. The Morgan fingerprint density at radius 2 is 2.16 bits per heavy atom. The Balaban J connectivity index is 2.01. The topological polar surface area (TPSA) is 47.3 Å². The fraction of sp³-hybridized carbons (Fsp3) is 0.400. The minimum absolute atomic E-state index is 0.523. The molecular formula is C15H20N2O2. The molecule has 0 aliphatic heterocycles. The van der Waals surface area contributed by atoms with Gasteiger partial charge >= 0.3 is 0 Å². The molecule has 19 heavy (non-hydrogen) atoms. The summed E-state index contributed by atoms with van der Waals surface area (Å²) in [5.41, 5.74) is 1.95. The highest BCUT2D eigenvalue weighted by Gasteiger charge is 2.09. The maximum Gasteiger partial charge on any atom is 0.125 e. The van der Waals surface area contributed by atoms with Crippen LogP contribution in [0, 0.1) is 13.8 Å². The molecular weight excluding hydrogens is 240 g/mol. The smallest absolute Gasteiger partial charge is 0.125 e. The molecule has 102 valence electrons. The van der Waals surface area contributed by atoms with Crippen molar-refractivity contribution in [2.45, 2.75) is 33.4 Å². The van der Waals surface area contributed by atoms with Gasteiger partial charge in [-0.15, -0.1) is 0 Å². The Kier molecular flexibility index (Phi) is 4.22. The van der Waals surface area contributed by atoms with Crippen LogP contribution in [0.1, 0.15) is 30.0 Å². The van der Waals surface area contributed by atoms with Crippen LogP contribution < -0.4 is 4.74 Å². The molecule has 0 saturated heterocycles. The number of nitrogens with zero attached hydrogens (tertiary/aromatic N) is 2. The van der Waals surface area contributed by atoms with Crippen molar-refractivity contribution in [2.24, 2.45) is 0 Å². The molecule has 4 nitrogen and oxygen atoms in total. The first kappa shape index (κ1) is 13.6. The Morgan fingerprint density at radius 3 is 2.79 bits per heavy atom. The zero-order chi connectivity index (χ0) is 13.8. The van der Waals surface area contributed by atoms with Crippen molar-refractivity contribution in [1.82, 2.24) is 9.55 Å². The summed E-state index contributed by atoms with van der Waals surface area (Å²) in [6, 6.07) is 5.87. The van der Waals surface area contributed by atoms with Gasteiger partial charge in [0.15, 0.2) is 0 Å². The van der Waals surface area contributed by atoms with E-state index >= 15 is 0 Å². The van der Waals surface area contributed by atoms with Crippen LogP contribution in [0.5, 0.6) is 5.75 Å². The van der Waals surface area contributed by atoms with E-state index in [1.165, 1.54) is 0 Å². The summed E-state index contributed by atoms with van der Waals surface area (Å²) in [5.74, 6) is 1.72. The van der Waals surface area contributed by atoms with Gasteiger partial charge < -0.3 is 14.4 Å². The highest BCUT2D eigenvalue weighted by Crippen LogP contribution is 2.26. The summed E-state index contributed by atoms with van der Waals surface area (Å²) in [4.78, 5) is 4.17. The van der Waals surface area contributed by atoms with Gasteiger partial charge in [-0.25, -0.2) is 4.98 Å². The number of imidazole rings is 1. The highest BCUT2D eigenvalue weighted by molar-refractivity contribution is 5.38. The van der Waals surface area contributed by atoms with Crippen LogP contribution in [0.15, 0.2) is 30.6 Å². The number of aliphatic hydroxyl groups is 1. The predicted molar refractivity (Wildman–Crippen MR) is 74.3 cm³/mol. The number of rotatable bonds is 5. The molecule has 2 aromatic rings. The van der Waals surface area contributed by atoms with Crippen molar-refractivity contribution in [3.63, 3.8) is 0 Å². The lowest BCUT2D eigenvalue weighted by atomic mass is 10.1. The molecule has 4 heteroatoms. The number of aryl methyl sites for hydroxylation is 2. The molecule has 2 rings (SSSR count). The monoisotopic (exact) mass is 260 g/mol. The second-order valence-electron chi connectivity index (χ2n) is 4.73. The lowest BCUT2D eigenvalue weighted by Gasteiger charge is -2.14. The maximum atomic E-state index is 9.76. The van der Waals surface area contributed by atoms with E-state index in [-0.39, 0.29) is 0 Å². The molecule has 0 aliphatic rings. The zero-order valence-electron chi connectivity index (χ0n) is 11.6. The van der Waals surface area contributed by atoms with Crippen LogP contribution in [0.25, 0.3) is 0 Å². The van der Waals surface area contributed by atoms with Crippen LogP contribution in [0.3, 0.4) is 0 Å². The lowest BCUT2D eigenvalue weighted by molar-refractivity contribution is 0.190. The number of ether oxygens (including phenoxy) is 1. The third kappa shape index (κ3) is 3.35. The Bertz CT molecular complexity index is 547. The Morgan fingerprint density at radius 1 is 1.37 bits per heavy atom. The number of hydrogen-bond acceptors (Lipinski definition) is 3. The number of hydrogen-bond donors (Lipinski definition) is 1. The van der Waals surface area contributed by atoms with E-state index in [0.29, 0.717) is 6.61 Å². The quantitative estimate of drug-likeness (QED) is 0.899. The maximum absolute atomic E-state index is 9.76. The summed E-state index contributed by atoms with van der Waals surface area (Å²) in [7, 11) is 0. The van der Waals surface area contributed by atoms with E-state index in [9.17, 15) is 5.11 Å². The van der Waals surface area contributed by atoms with Crippen LogP contribution in [0.4, 0.5) is 0 Å². The number of aliphatic hydroxyl groups excluding tert-OH is 1. The van der Waals surface area contributed by atoms with Crippen molar-refractivity contribution in [3.8, 4) is 5.75 Å². The van der Waals surface area contributed by atoms with E-state index in [1.807, 2.05) is 42.8 Å². The molecule has 0 amide bonds. The van der Waals surface area contributed by atoms with Gasteiger partial charge in [0.2, 0.25) is 0 Å². The minimum Gasteiger partial charge on any atom is -0.491 e. The fourth-order valence-electron chi connectivity index (χ4n) is 2.02. The largest absolute Gasteiger partial charge is 0.491 e. The van der Waals surface area contributed by atoms with Crippen LogP contribution in [0.2, 0.25) is 0 Å². The molecule has 0 aliphatic carbocycles. The zero-order valence-corrected chi connectivity index (χ0v) is 11.6. The summed E-state index contributed by atoms with van der Waals surface area (Å²) in [6.07, 6.45) is 3.19. The number of benzene rings is 1. The van der Waals surface area contributed by atoms with Crippen molar-refractivity contribution in [2.75, 3.05) is 6.61 Å². The van der Waals surface area contributed by atoms with Gasteiger partial charge in [-0.3, -0.25) is 0 Å². The van der Waals surface area contributed by atoms with Gasteiger partial charge in [-0.1, -0.05) is 11.6 Å². The summed E-state index contributed by atoms with van der Waals surface area (Å²) in [6.45, 7) is 7.03. The standard InChI is InChI=1S/C15H20N2O2/c1-11-4-5-15(14(10-11)12(2)18)19-9-8-17-7-6-16-13(17)3/h4-7,10,12,18H,8-9H2,1-3H3/t12-/m1/s1. The normalized spacial score (nSPS) is 12.4. The molecule has 0 unspecified atom stereocenters. The third-order valence-electron chi connectivity index (χ3n) is 3.13. The molecule has 1 N–H and O–H groups in total. The number of aromatic nitrogens is 2. The van der Waals surface area contributed by atoms with Gasteiger partial charge in [-0.05, 0) is 32.9 Å². The molecule has 1 atom stereocenters. The van der Waals surface area contributed by atoms with Crippen LogP contribution >= 0.6 is 0 Å². The first-order valence-electron chi connectivity index (χ1n) is 6.47. The molecule has 0 radical (unpaired) electrons. The van der Waals surface area contributed by atoms with Crippen molar-refractivity contribution in [3.05, 3.63) is 47.5 Å². The van der Waals surface area contributed by atoms with Crippen LogP contribution in [-0.2, 0) is 6.54 Å². The van der Waals surface area contributed by atoms with Gasteiger partial charge in [0, 0.05) is 18.0 Å². The molecule has 0 fully saturated rings. The SMILES string of the molecule is Cc1ccc(OCCn2ccnc2C)c([C@@H](C)O)c1. The van der Waals surface area contributed by atoms with Gasteiger partial charge in [-0.2, -0.15) is 0 Å². The fourth-order valence-corrected chi connectivity index (χ4v) is 2.02. The summed E-state index contributed by atoms with van der Waals surface area (Å²) in [5, 5.41) is 9.76. The van der Waals surface area contributed by atoms with Crippen molar-refractivity contribution >= 4 is 0 Å². The Hall–Kier alpha value is -1.81. The molecule has 0 spiro atoms. The first-order valence-corrected chi connectivity index (χ1v) is 6.47. The average Bonchev–Trinajstić information content (AvgIpc) is 2.77. The van der Waals surface area contributed by atoms with E-state index in [0.717, 1.165) is 29.2 Å². The summed E-state index contributed by atoms with van der Waals surface area (Å²) < 4.78 is 7.81. The van der Waals surface area contributed by atoms with E-state index in [2.05, 4.69) is 4.98 Å². The lowest BCUT2D eigenvalue weighted by Crippen LogP contribution is -2.10.